The van der Waals surface area contributed by atoms with E-state index in [2.05, 4.69) is 20.0 Å². The van der Waals surface area contributed by atoms with Crippen LogP contribution in [-0.2, 0) is 15.7 Å². The molecule has 1 atom stereocenters. The van der Waals surface area contributed by atoms with Gasteiger partial charge in [0.15, 0.2) is 0 Å². The lowest BCUT2D eigenvalue weighted by molar-refractivity contribution is -0.204. The van der Waals surface area contributed by atoms with Crippen molar-refractivity contribution in [3.63, 3.8) is 0 Å². The summed E-state index contributed by atoms with van der Waals surface area (Å²) in [4.78, 5) is 19.5. The van der Waals surface area contributed by atoms with Crippen molar-refractivity contribution in [3.8, 4) is 17.3 Å². The second kappa shape index (κ2) is 10.4. The first-order chi connectivity index (χ1) is 16.4. The molecule has 35 heavy (non-hydrogen) atoms. The summed E-state index contributed by atoms with van der Waals surface area (Å²) in [6.45, 7) is -0.320. The molecule has 3 rings (SSSR count). The Morgan fingerprint density at radius 3 is 2.29 bits per heavy atom. The lowest BCUT2D eigenvalue weighted by Crippen LogP contribution is -2.29. The number of nitrogens with zero attached hydrogens (tertiary/aromatic N) is 2. The van der Waals surface area contributed by atoms with Gasteiger partial charge < -0.3 is 14.8 Å². The standard InChI is InChI=1S/C22H16ClF6N3O3/c1-34-20-31-16(13-7-8-14(15(23)9-13)21(24,25)26)10-18(32-20)30-11-17(12-5-3-2-4-6-12)35-19(33)22(27,28)29/h2-10,17H,11H2,1H3,(H,30,31,32)/t17-/m0/s1. The number of carbonyl (C=O) groups excluding carboxylic acids is 1. The van der Waals surface area contributed by atoms with Gasteiger partial charge in [-0.05, 0) is 17.7 Å². The summed E-state index contributed by atoms with van der Waals surface area (Å²) in [5.41, 5.74) is -0.416. The lowest BCUT2D eigenvalue weighted by atomic mass is 10.1. The molecule has 1 N–H and O–H groups in total. The minimum absolute atomic E-state index is 0.0480. The molecule has 0 fully saturated rings. The monoisotopic (exact) mass is 519 g/mol. The van der Waals surface area contributed by atoms with E-state index in [0.29, 0.717) is 0 Å². The molecule has 0 radical (unpaired) electrons. The fourth-order valence-electron chi connectivity index (χ4n) is 2.95. The van der Waals surface area contributed by atoms with Gasteiger partial charge in [0.2, 0.25) is 0 Å². The topological polar surface area (TPSA) is 73.3 Å². The summed E-state index contributed by atoms with van der Waals surface area (Å²) in [5, 5.41) is 2.20. The molecule has 6 nitrogen and oxygen atoms in total. The van der Waals surface area contributed by atoms with Crippen LogP contribution in [0.1, 0.15) is 17.2 Å². The second-order valence-electron chi connectivity index (χ2n) is 7.00. The van der Waals surface area contributed by atoms with Gasteiger partial charge in [-0.15, -0.1) is 0 Å². The van der Waals surface area contributed by atoms with E-state index in [1.54, 1.807) is 18.2 Å². The van der Waals surface area contributed by atoms with E-state index in [4.69, 9.17) is 16.3 Å². The summed E-state index contributed by atoms with van der Waals surface area (Å²) in [6, 6.07) is 11.9. The van der Waals surface area contributed by atoms with E-state index in [1.165, 1.54) is 25.3 Å². The van der Waals surface area contributed by atoms with Gasteiger partial charge in [0.1, 0.15) is 11.9 Å². The normalized spacial score (nSPS) is 12.7. The first kappa shape index (κ1) is 26.1. The van der Waals surface area contributed by atoms with Gasteiger partial charge in [0.25, 0.3) is 0 Å². The van der Waals surface area contributed by atoms with Gasteiger partial charge >= 0.3 is 24.3 Å². The maximum absolute atomic E-state index is 13.0. The first-order valence-corrected chi connectivity index (χ1v) is 10.1. The van der Waals surface area contributed by atoms with Crippen LogP contribution in [0, 0.1) is 0 Å². The molecule has 0 unspecified atom stereocenters. The van der Waals surface area contributed by atoms with Crippen LogP contribution in [-0.4, -0.2) is 35.8 Å². The van der Waals surface area contributed by atoms with Crippen molar-refractivity contribution in [1.82, 2.24) is 9.97 Å². The van der Waals surface area contributed by atoms with Crippen LogP contribution >= 0.6 is 11.6 Å². The van der Waals surface area contributed by atoms with E-state index < -0.39 is 35.0 Å². The van der Waals surface area contributed by atoms with Crippen molar-refractivity contribution in [2.45, 2.75) is 18.5 Å². The van der Waals surface area contributed by atoms with Crippen LogP contribution in [0.2, 0.25) is 5.02 Å². The molecule has 3 aromatic rings. The maximum Gasteiger partial charge on any atom is 0.490 e. The predicted molar refractivity (Wildman–Crippen MR) is 114 cm³/mol. The highest BCUT2D eigenvalue weighted by Gasteiger charge is 2.42. The molecule has 1 aromatic heterocycles. The van der Waals surface area contributed by atoms with Crippen LogP contribution in [0.3, 0.4) is 0 Å². The zero-order valence-electron chi connectivity index (χ0n) is 17.7. The molecule has 186 valence electrons. The summed E-state index contributed by atoms with van der Waals surface area (Å²) in [7, 11) is 1.25. The predicted octanol–water partition coefficient (Wildman–Crippen LogP) is 6.08. The van der Waals surface area contributed by atoms with Crippen LogP contribution < -0.4 is 10.1 Å². The fraction of sp³-hybridized carbons (Fsp3) is 0.227. The molecule has 0 amide bonds. The molecule has 0 saturated heterocycles. The molecular formula is C22H16ClF6N3O3. The molecule has 0 saturated carbocycles. The number of rotatable bonds is 7. The number of carbonyl (C=O) groups is 1. The molecular weight excluding hydrogens is 504 g/mol. The molecule has 0 spiro atoms. The van der Waals surface area contributed by atoms with E-state index in [0.717, 1.165) is 18.2 Å². The molecule has 2 aromatic carbocycles. The minimum Gasteiger partial charge on any atom is -0.467 e. The highest BCUT2D eigenvalue weighted by molar-refractivity contribution is 6.31. The highest BCUT2D eigenvalue weighted by Crippen LogP contribution is 2.37. The maximum atomic E-state index is 13.0. The Labute approximate surface area is 199 Å². The van der Waals surface area contributed by atoms with Gasteiger partial charge in [-0.1, -0.05) is 48.0 Å². The summed E-state index contributed by atoms with van der Waals surface area (Å²) >= 11 is 5.78. The van der Waals surface area contributed by atoms with E-state index in [9.17, 15) is 31.1 Å². The van der Waals surface area contributed by atoms with Crippen molar-refractivity contribution in [2.75, 3.05) is 19.0 Å². The minimum atomic E-state index is -5.19. The zero-order chi connectivity index (χ0) is 25.8. The largest absolute Gasteiger partial charge is 0.490 e. The third-order valence-electron chi connectivity index (χ3n) is 4.58. The van der Waals surface area contributed by atoms with Crippen molar-refractivity contribution < 1.29 is 40.6 Å². The van der Waals surface area contributed by atoms with Gasteiger partial charge in [-0.25, -0.2) is 4.79 Å². The Kier molecular flexibility index (Phi) is 7.73. The van der Waals surface area contributed by atoms with E-state index in [-0.39, 0.29) is 35.2 Å². The number of alkyl halides is 6. The van der Waals surface area contributed by atoms with Gasteiger partial charge in [0, 0.05) is 11.6 Å². The Balaban J connectivity index is 1.88. The number of anilines is 1. The number of ether oxygens (including phenoxy) is 2. The molecule has 13 heteroatoms. The van der Waals surface area contributed by atoms with E-state index in [1.807, 2.05) is 0 Å². The molecule has 0 aliphatic heterocycles. The number of methoxy groups -OCH3 is 1. The number of halogens is 7. The molecule has 0 aliphatic carbocycles. The van der Waals surface area contributed by atoms with Crippen molar-refractivity contribution in [2.24, 2.45) is 0 Å². The van der Waals surface area contributed by atoms with Crippen LogP contribution in [0.25, 0.3) is 11.3 Å². The number of aromatic nitrogens is 2. The smallest absolute Gasteiger partial charge is 0.467 e. The van der Waals surface area contributed by atoms with Gasteiger partial charge in [0.05, 0.1) is 29.9 Å². The third kappa shape index (κ3) is 6.75. The van der Waals surface area contributed by atoms with Crippen molar-refractivity contribution >= 4 is 23.4 Å². The Morgan fingerprint density at radius 1 is 1.03 bits per heavy atom. The Morgan fingerprint density at radius 2 is 1.71 bits per heavy atom. The van der Waals surface area contributed by atoms with Gasteiger partial charge in [-0.3, -0.25) is 0 Å². The SMILES string of the molecule is COc1nc(NC[C@H](OC(=O)C(F)(F)F)c2ccccc2)cc(-c2ccc(C(F)(F)F)c(Cl)c2)n1. The third-order valence-corrected chi connectivity index (χ3v) is 4.89. The second-order valence-corrected chi connectivity index (χ2v) is 7.41. The average Bonchev–Trinajstić information content (AvgIpc) is 2.80. The fourth-order valence-corrected chi connectivity index (χ4v) is 3.24. The van der Waals surface area contributed by atoms with E-state index >= 15 is 0 Å². The Hall–Kier alpha value is -3.54. The number of hydrogen-bond acceptors (Lipinski definition) is 6. The van der Waals surface area contributed by atoms with Gasteiger partial charge in [-0.2, -0.15) is 36.3 Å². The quantitative estimate of drug-likeness (QED) is 0.301. The van der Waals surface area contributed by atoms with Crippen molar-refractivity contribution in [1.29, 1.82) is 0 Å². The molecule has 0 bridgehead atoms. The van der Waals surface area contributed by atoms with Crippen LogP contribution in [0.4, 0.5) is 32.2 Å². The Bertz CT molecular complexity index is 1190. The molecule has 0 aliphatic rings. The lowest BCUT2D eigenvalue weighted by Gasteiger charge is -2.20. The number of nitrogens with one attached hydrogen (secondary N) is 1. The summed E-state index contributed by atoms with van der Waals surface area (Å²) in [6.07, 6.45) is -11.2. The zero-order valence-corrected chi connectivity index (χ0v) is 18.5. The van der Waals surface area contributed by atoms with Crippen LogP contribution in [0.15, 0.2) is 54.6 Å². The van der Waals surface area contributed by atoms with Crippen molar-refractivity contribution in [3.05, 3.63) is 70.7 Å². The number of esters is 1. The molecule has 1 heterocycles. The summed E-state index contributed by atoms with van der Waals surface area (Å²) < 4.78 is 86.9. The highest BCUT2D eigenvalue weighted by atomic mass is 35.5. The summed E-state index contributed by atoms with van der Waals surface area (Å²) in [5.74, 6) is -2.32. The van der Waals surface area contributed by atoms with Crippen LogP contribution in [0.5, 0.6) is 6.01 Å². The number of benzene rings is 2. The number of hydrogen-bond donors (Lipinski definition) is 1. The average molecular weight is 520 g/mol. The first-order valence-electron chi connectivity index (χ1n) is 9.75.